The van der Waals surface area contributed by atoms with Crippen LogP contribution in [0.25, 0.3) is 0 Å². The fourth-order valence-electron chi connectivity index (χ4n) is 2.38. The van der Waals surface area contributed by atoms with Crippen LogP contribution in [-0.4, -0.2) is 37.6 Å². The van der Waals surface area contributed by atoms with E-state index in [1.165, 1.54) is 0 Å². The third-order valence-electron chi connectivity index (χ3n) is 3.58. The first-order valence-corrected chi connectivity index (χ1v) is 9.90. The Bertz CT molecular complexity index is 572. The predicted molar refractivity (Wildman–Crippen MR) is 86.1 cm³/mol. The third kappa shape index (κ3) is 5.04. The standard InChI is InChI=1S/C15H21NO3S2/c1-2-14(20-13-6-4-3-5-7-13)15(17)16-10-12-8-9-21(18,19)11-12/h3-7,12,14H,2,8-11H2,1H3,(H,16,17)/t12-,14-/m0/s1. The fourth-order valence-corrected chi connectivity index (χ4v) is 5.24. The predicted octanol–water partition coefficient (Wildman–Crippen LogP) is 2.11. The molecule has 0 aliphatic carbocycles. The van der Waals surface area contributed by atoms with Crippen LogP contribution in [0.2, 0.25) is 0 Å². The summed E-state index contributed by atoms with van der Waals surface area (Å²) in [7, 11) is -2.87. The van der Waals surface area contributed by atoms with E-state index in [4.69, 9.17) is 0 Å². The van der Waals surface area contributed by atoms with Crippen LogP contribution in [0.4, 0.5) is 0 Å². The van der Waals surface area contributed by atoms with Crippen molar-refractivity contribution in [3.8, 4) is 0 Å². The van der Waals surface area contributed by atoms with Crippen molar-refractivity contribution in [3.63, 3.8) is 0 Å². The van der Waals surface area contributed by atoms with Gasteiger partial charge in [0.25, 0.3) is 0 Å². The summed E-state index contributed by atoms with van der Waals surface area (Å²) in [6.45, 7) is 2.45. The highest BCUT2D eigenvalue weighted by Gasteiger charge is 2.28. The van der Waals surface area contributed by atoms with Crippen molar-refractivity contribution in [2.24, 2.45) is 5.92 Å². The molecule has 1 aliphatic rings. The molecule has 1 saturated heterocycles. The summed E-state index contributed by atoms with van der Waals surface area (Å²) in [5.41, 5.74) is 0. The molecule has 4 nitrogen and oxygen atoms in total. The van der Waals surface area contributed by atoms with Crippen molar-refractivity contribution in [2.45, 2.75) is 29.9 Å². The van der Waals surface area contributed by atoms with E-state index < -0.39 is 9.84 Å². The van der Waals surface area contributed by atoms with Crippen LogP contribution < -0.4 is 5.32 Å². The molecule has 2 atom stereocenters. The summed E-state index contributed by atoms with van der Waals surface area (Å²) in [5.74, 6) is 0.521. The zero-order valence-corrected chi connectivity index (χ0v) is 13.8. The van der Waals surface area contributed by atoms with Gasteiger partial charge in [0.2, 0.25) is 5.91 Å². The van der Waals surface area contributed by atoms with Crippen molar-refractivity contribution < 1.29 is 13.2 Å². The molecule has 0 bridgehead atoms. The summed E-state index contributed by atoms with van der Waals surface area (Å²) in [6, 6.07) is 9.84. The Kier molecular flexibility index (Phi) is 5.70. The van der Waals surface area contributed by atoms with Crippen LogP contribution in [0.3, 0.4) is 0 Å². The molecular weight excluding hydrogens is 306 g/mol. The van der Waals surface area contributed by atoms with Gasteiger partial charge in [0.1, 0.15) is 0 Å². The average molecular weight is 327 g/mol. The maximum atomic E-state index is 12.2. The SMILES string of the molecule is CC[C@H](Sc1ccccc1)C(=O)NC[C@@H]1CCS(=O)(=O)C1. The second-order valence-electron chi connectivity index (χ2n) is 5.34. The van der Waals surface area contributed by atoms with Crippen molar-refractivity contribution in [2.75, 3.05) is 18.1 Å². The number of carbonyl (C=O) groups is 1. The molecule has 0 spiro atoms. The van der Waals surface area contributed by atoms with Gasteiger partial charge in [0.15, 0.2) is 9.84 Å². The molecule has 0 unspecified atom stereocenters. The van der Waals surface area contributed by atoms with E-state index in [0.717, 1.165) is 11.3 Å². The Morgan fingerprint density at radius 2 is 2.10 bits per heavy atom. The van der Waals surface area contributed by atoms with Gasteiger partial charge in [-0.3, -0.25) is 4.79 Å². The minimum atomic E-state index is -2.87. The number of hydrogen-bond donors (Lipinski definition) is 1. The number of sulfone groups is 1. The lowest BCUT2D eigenvalue weighted by Gasteiger charge is -2.16. The zero-order valence-electron chi connectivity index (χ0n) is 12.1. The second-order valence-corrected chi connectivity index (χ2v) is 8.85. The molecule has 116 valence electrons. The Morgan fingerprint density at radius 1 is 1.38 bits per heavy atom. The minimum absolute atomic E-state index is 0.00403. The van der Waals surface area contributed by atoms with Crippen LogP contribution in [0.5, 0.6) is 0 Å². The van der Waals surface area contributed by atoms with Gasteiger partial charge in [-0.15, -0.1) is 11.8 Å². The number of carbonyl (C=O) groups excluding carboxylic acids is 1. The Balaban J connectivity index is 1.83. The molecule has 1 aromatic carbocycles. The first kappa shape index (κ1) is 16.4. The molecule has 1 heterocycles. The second kappa shape index (κ2) is 7.31. The lowest BCUT2D eigenvalue weighted by atomic mass is 10.1. The van der Waals surface area contributed by atoms with Gasteiger partial charge >= 0.3 is 0 Å². The first-order chi connectivity index (χ1) is 10.00. The van der Waals surface area contributed by atoms with E-state index >= 15 is 0 Å². The van der Waals surface area contributed by atoms with E-state index in [-0.39, 0.29) is 28.6 Å². The van der Waals surface area contributed by atoms with Gasteiger partial charge in [-0.05, 0) is 30.9 Å². The highest BCUT2D eigenvalue weighted by atomic mass is 32.2. The molecule has 0 radical (unpaired) electrons. The van der Waals surface area contributed by atoms with Crippen LogP contribution in [-0.2, 0) is 14.6 Å². The third-order valence-corrected chi connectivity index (χ3v) is 6.79. The van der Waals surface area contributed by atoms with Gasteiger partial charge < -0.3 is 5.32 Å². The smallest absolute Gasteiger partial charge is 0.233 e. The Labute approximate surface area is 130 Å². The maximum absolute atomic E-state index is 12.2. The molecular formula is C15H21NO3S2. The number of amides is 1. The molecule has 0 aromatic heterocycles. The molecule has 1 N–H and O–H groups in total. The molecule has 1 aromatic rings. The summed E-state index contributed by atoms with van der Waals surface area (Å²) in [5, 5.41) is 2.78. The zero-order chi connectivity index (χ0) is 15.3. The summed E-state index contributed by atoms with van der Waals surface area (Å²) < 4.78 is 22.8. The van der Waals surface area contributed by atoms with E-state index in [2.05, 4.69) is 5.32 Å². The summed E-state index contributed by atoms with van der Waals surface area (Å²) >= 11 is 1.55. The number of hydrogen-bond acceptors (Lipinski definition) is 4. The van der Waals surface area contributed by atoms with Crippen molar-refractivity contribution >= 4 is 27.5 Å². The van der Waals surface area contributed by atoms with Crippen LogP contribution >= 0.6 is 11.8 Å². The number of benzene rings is 1. The largest absolute Gasteiger partial charge is 0.355 e. The van der Waals surface area contributed by atoms with Gasteiger partial charge in [-0.25, -0.2) is 8.42 Å². The molecule has 1 amide bonds. The highest BCUT2D eigenvalue weighted by Crippen LogP contribution is 2.25. The topological polar surface area (TPSA) is 63.2 Å². The molecule has 1 aliphatic heterocycles. The average Bonchev–Trinajstić information content (AvgIpc) is 2.82. The van der Waals surface area contributed by atoms with Gasteiger partial charge in [0, 0.05) is 11.4 Å². The van der Waals surface area contributed by atoms with Gasteiger partial charge in [-0.2, -0.15) is 0 Å². The van der Waals surface area contributed by atoms with E-state index in [1.807, 2.05) is 37.3 Å². The van der Waals surface area contributed by atoms with Gasteiger partial charge in [0.05, 0.1) is 16.8 Å². The first-order valence-electron chi connectivity index (χ1n) is 7.20. The maximum Gasteiger partial charge on any atom is 0.233 e. The van der Waals surface area contributed by atoms with Crippen LogP contribution in [0.15, 0.2) is 35.2 Å². The van der Waals surface area contributed by atoms with Crippen molar-refractivity contribution in [3.05, 3.63) is 30.3 Å². The molecule has 0 saturated carbocycles. The molecule has 6 heteroatoms. The van der Waals surface area contributed by atoms with Crippen LogP contribution in [0, 0.1) is 5.92 Å². The minimum Gasteiger partial charge on any atom is -0.355 e. The van der Waals surface area contributed by atoms with Crippen molar-refractivity contribution in [1.82, 2.24) is 5.32 Å². The number of thioether (sulfide) groups is 1. The lowest BCUT2D eigenvalue weighted by molar-refractivity contribution is -0.120. The van der Waals surface area contributed by atoms with E-state index in [0.29, 0.717) is 13.0 Å². The summed E-state index contributed by atoms with van der Waals surface area (Å²) in [6.07, 6.45) is 1.40. The summed E-state index contributed by atoms with van der Waals surface area (Å²) in [4.78, 5) is 13.3. The van der Waals surface area contributed by atoms with E-state index in [1.54, 1.807) is 11.8 Å². The van der Waals surface area contributed by atoms with Crippen LogP contribution in [0.1, 0.15) is 19.8 Å². The molecule has 1 fully saturated rings. The Morgan fingerprint density at radius 3 is 2.67 bits per heavy atom. The fraction of sp³-hybridized carbons (Fsp3) is 0.533. The number of rotatable bonds is 6. The molecule has 2 rings (SSSR count). The van der Waals surface area contributed by atoms with Gasteiger partial charge in [-0.1, -0.05) is 25.1 Å². The Hall–Kier alpha value is -1.01. The van der Waals surface area contributed by atoms with E-state index in [9.17, 15) is 13.2 Å². The number of nitrogens with one attached hydrogen (secondary N) is 1. The molecule has 21 heavy (non-hydrogen) atoms. The van der Waals surface area contributed by atoms with Crippen molar-refractivity contribution in [1.29, 1.82) is 0 Å². The monoisotopic (exact) mass is 327 g/mol. The lowest BCUT2D eigenvalue weighted by Crippen LogP contribution is -2.36. The highest BCUT2D eigenvalue weighted by molar-refractivity contribution is 8.00. The normalized spacial score (nSPS) is 21.9. The quantitative estimate of drug-likeness (QED) is 0.813.